The van der Waals surface area contributed by atoms with Crippen LogP contribution in [0.25, 0.3) is 0 Å². The molecule has 108 valence electrons. The van der Waals surface area contributed by atoms with E-state index in [0.717, 1.165) is 12.1 Å². The maximum Gasteiger partial charge on any atom is 0.132 e. The van der Waals surface area contributed by atoms with Crippen LogP contribution in [0, 0.1) is 11.6 Å². The number of nitrogens with zero attached hydrogens (tertiary/aromatic N) is 2. The molecular weight excluding hydrogens is 330 g/mol. The third kappa shape index (κ3) is 3.23. The number of hydrazine groups is 1. The van der Waals surface area contributed by atoms with Crippen LogP contribution in [-0.2, 0) is 13.0 Å². The average molecular weight is 345 g/mol. The largest absolute Gasteiger partial charge is 0.273 e. The Morgan fingerprint density at radius 2 is 2.05 bits per heavy atom. The van der Waals surface area contributed by atoms with Gasteiger partial charge >= 0.3 is 0 Å². The molecule has 0 fully saturated rings. The fraction of sp³-hybridized carbons (Fsp3) is 0.308. The lowest BCUT2D eigenvalue weighted by Crippen LogP contribution is -2.31. The molecule has 4 nitrogen and oxygen atoms in total. The highest BCUT2D eigenvalue weighted by molar-refractivity contribution is 9.10. The Balaban J connectivity index is 2.28. The summed E-state index contributed by atoms with van der Waals surface area (Å²) in [6, 6.07) is 1.79. The molecule has 0 aliphatic heterocycles. The van der Waals surface area contributed by atoms with E-state index in [2.05, 4.69) is 26.5 Å². The number of nitrogens with two attached hydrogens (primary N) is 1. The molecule has 0 radical (unpaired) electrons. The Bertz CT molecular complexity index is 577. The van der Waals surface area contributed by atoms with Crippen molar-refractivity contribution >= 4 is 15.9 Å². The Morgan fingerprint density at radius 1 is 1.40 bits per heavy atom. The molecule has 2 rings (SSSR count). The van der Waals surface area contributed by atoms with E-state index in [4.69, 9.17) is 5.84 Å². The molecular formula is C13H15BrF2N4. The van der Waals surface area contributed by atoms with Crippen LogP contribution in [0.4, 0.5) is 8.78 Å². The molecule has 7 heteroatoms. The first-order chi connectivity index (χ1) is 9.55. The molecule has 1 atom stereocenters. The minimum absolute atomic E-state index is 0.0695. The van der Waals surface area contributed by atoms with E-state index >= 15 is 0 Å². The lowest BCUT2D eigenvalue weighted by Gasteiger charge is -2.17. The standard InChI is InChI=1S/C13H15BrF2N4/c1-2-20-7-8(6-18-20)3-12(19-17)13-10(15)4-9(14)5-11(13)16/h4-7,12,19H,2-3,17H2,1H3. The summed E-state index contributed by atoms with van der Waals surface area (Å²) in [6.07, 6.45) is 3.85. The van der Waals surface area contributed by atoms with Gasteiger partial charge in [-0.2, -0.15) is 5.10 Å². The van der Waals surface area contributed by atoms with Crippen molar-refractivity contribution in [3.63, 3.8) is 0 Å². The minimum Gasteiger partial charge on any atom is -0.273 e. The maximum atomic E-state index is 13.9. The number of aryl methyl sites for hydroxylation is 1. The molecule has 1 heterocycles. The summed E-state index contributed by atoms with van der Waals surface area (Å²) >= 11 is 3.05. The number of hydrogen-bond donors (Lipinski definition) is 2. The molecule has 20 heavy (non-hydrogen) atoms. The molecule has 1 unspecified atom stereocenters. The number of benzene rings is 1. The Labute approximate surface area is 124 Å². The summed E-state index contributed by atoms with van der Waals surface area (Å²) in [5.74, 6) is 4.17. The number of nitrogens with one attached hydrogen (secondary N) is 1. The normalized spacial score (nSPS) is 12.7. The zero-order chi connectivity index (χ0) is 14.7. The zero-order valence-corrected chi connectivity index (χ0v) is 12.5. The molecule has 0 aliphatic carbocycles. The van der Waals surface area contributed by atoms with E-state index in [0.29, 0.717) is 10.9 Å². The van der Waals surface area contributed by atoms with Crippen molar-refractivity contribution in [2.24, 2.45) is 5.84 Å². The Morgan fingerprint density at radius 3 is 2.55 bits per heavy atom. The van der Waals surface area contributed by atoms with Crippen LogP contribution in [0.1, 0.15) is 24.1 Å². The van der Waals surface area contributed by atoms with Crippen LogP contribution in [0.2, 0.25) is 0 Å². The van der Waals surface area contributed by atoms with Gasteiger partial charge in [0.1, 0.15) is 11.6 Å². The van der Waals surface area contributed by atoms with Crippen LogP contribution >= 0.6 is 15.9 Å². The van der Waals surface area contributed by atoms with Crippen LogP contribution in [0.15, 0.2) is 29.0 Å². The third-order valence-corrected chi connectivity index (χ3v) is 3.50. The van der Waals surface area contributed by atoms with Gasteiger partial charge in [-0.3, -0.25) is 16.0 Å². The van der Waals surface area contributed by atoms with E-state index in [1.54, 1.807) is 10.9 Å². The number of rotatable bonds is 5. The topological polar surface area (TPSA) is 55.9 Å². The summed E-state index contributed by atoms with van der Waals surface area (Å²) in [6.45, 7) is 2.70. The van der Waals surface area contributed by atoms with Gasteiger partial charge in [-0.1, -0.05) is 15.9 Å². The van der Waals surface area contributed by atoms with Crippen molar-refractivity contribution in [2.75, 3.05) is 0 Å². The summed E-state index contributed by atoms with van der Waals surface area (Å²) in [4.78, 5) is 0. The van der Waals surface area contributed by atoms with Gasteiger partial charge in [0, 0.05) is 22.8 Å². The predicted octanol–water partition coefficient (Wildman–Crippen LogP) is 2.69. The van der Waals surface area contributed by atoms with Crippen molar-refractivity contribution in [1.29, 1.82) is 0 Å². The fourth-order valence-corrected chi connectivity index (χ4v) is 2.45. The van der Waals surface area contributed by atoms with Gasteiger partial charge in [0.2, 0.25) is 0 Å². The van der Waals surface area contributed by atoms with Crippen LogP contribution in [0.3, 0.4) is 0 Å². The molecule has 0 spiro atoms. The van der Waals surface area contributed by atoms with Crippen molar-refractivity contribution in [2.45, 2.75) is 25.9 Å². The maximum absolute atomic E-state index is 13.9. The molecule has 0 saturated heterocycles. The minimum atomic E-state index is -0.655. The van der Waals surface area contributed by atoms with Crippen LogP contribution < -0.4 is 11.3 Å². The molecule has 0 bridgehead atoms. The fourth-order valence-electron chi connectivity index (χ4n) is 2.05. The number of halogens is 3. The summed E-state index contributed by atoms with van der Waals surface area (Å²) in [5, 5.41) is 4.13. The van der Waals surface area contributed by atoms with E-state index in [1.165, 1.54) is 12.1 Å². The lowest BCUT2D eigenvalue weighted by atomic mass is 10.0. The molecule has 3 N–H and O–H groups in total. The van der Waals surface area contributed by atoms with Gasteiger partial charge in [-0.05, 0) is 31.0 Å². The molecule has 0 aliphatic rings. The van der Waals surface area contributed by atoms with E-state index < -0.39 is 17.7 Å². The SMILES string of the molecule is CCn1cc(CC(NN)c2c(F)cc(Br)cc2F)cn1. The predicted molar refractivity (Wildman–Crippen MR) is 75.7 cm³/mol. The quantitative estimate of drug-likeness (QED) is 0.647. The second kappa shape index (κ2) is 6.43. The summed E-state index contributed by atoms with van der Waals surface area (Å²) in [7, 11) is 0. The Hall–Kier alpha value is -1.31. The van der Waals surface area contributed by atoms with Crippen LogP contribution in [-0.4, -0.2) is 9.78 Å². The van der Waals surface area contributed by atoms with Gasteiger partial charge in [0.25, 0.3) is 0 Å². The van der Waals surface area contributed by atoms with Gasteiger partial charge < -0.3 is 0 Å². The smallest absolute Gasteiger partial charge is 0.132 e. The average Bonchev–Trinajstić information content (AvgIpc) is 2.84. The van der Waals surface area contributed by atoms with E-state index in [1.807, 2.05) is 13.1 Å². The second-order valence-corrected chi connectivity index (χ2v) is 5.33. The summed E-state index contributed by atoms with van der Waals surface area (Å²) in [5.41, 5.74) is 3.25. The monoisotopic (exact) mass is 344 g/mol. The van der Waals surface area contributed by atoms with Crippen molar-refractivity contribution < 1.29 is 8.78 Å². The zero-order valence-electron chi connectivity index (χ0n) is 10.9. The molecule has 1 aromatic heterocycles. The highest BCUT2D eigenvalue weighted by Gasteiger charge is 2.21. The first kappa shape index (κ1) is 15.1. The van der Waals surface area contributed by atoms with Gasteiger partial charge in [-0.25, -0.2) is 8.78 Å². The molecule has 0 amide bonds. The first-order valence-corrected chi connectivity index (χ1v) is 6.96. The number of hydrogen-bond acceptors (Lipinski definition) is 3. The summed E-state index contributed by atoms with van der Waals surface area (Å²) < 4.78 is 30.0. The third-order valence-electron chi connectivity index (χ3n) is 3.04. The highest BCUT2D eigenvalue weighted by Crippen LogP contribution is 2.26. The van der Waals surface area contributed by atoms with E-state index in [-0.39, 0.29) is 5.56 Å². The molecule has 2 aromatic rings. The van der Waals surface area contributed by atoms with Crippen molar-refractivity contribution in [3.05, 3.63) is 51.8 Å². The lowest BCUT2D eigenvalue weighted by molar-refractivity contribution is 0.472. The van der Waals surface area contributed by atoms with Gasteiger partial charge in [0.05, 0.1) is 12.2 Å². The highest BCUT2D eigenvalue weighted by atomic mass is 79.9. The van der Waals surface area contributed by atoms with Crippen molar-refractivity contribution in [1.82, 2.24) is 15.2 Å². The van der Waals surface area contributed by atoms with Gasteiger partial charge in [-0.15, -0.1) is 0 Å². The molecule has 1 aromatic carbocycles. The number of aromatic nitrogens is 2. The first-order valence-electron chi connectivity index (χ1n) is 6.17. The second-order valence-electron chi connectivity index (χ2n) is 4.41. The van der Waals surface area contributed by atoms with E-state index in [9.17, 15) is 8.78 Å². The molecule has 0 saturated carbocycles. The Kier molecular flexibility index (Phi) is 4.85. The van der Waals surface area contributed by atoms with Crippen molar-refractivity contribution in [3.8, 4) is 0 Å². The van der Waals surface area contributed by atoms with Gasteiger partial charge in [0.15, 0.2) is 0 Å². The van der Waals surface area contributed by atoms with Crippen LogP contribution in [0.5, 0.6) is 0 Å².